The number of methoxy groups -OCH3 is 1. The van der Waals surface area contributed by atoms with Crippen molar-refractivity contribution < 1.29 is 13.5 Å². The first-order chi connectivity index (χ1) is 10.1. The summed E-state index contributed by atoms with van der Waals surface area (Å²) in [5, 5.41) is 0.309. The summed E-state index contributed by atoms with van der Waals surface area (Å²) in [5.74, 6) is 4.72. The van der Waals surface area contributed by atoms with Crippen LogP contribution in [-0.4, -0.2) is 7.11 Å². The summed E-state index contributed by atoms with van der Waals surface area (Å²) in [4.78, 5) is 0. The van der Waals surface area contributed by atoms with E-state index in [0.29, 0.717) is 16.1 Å². The van der Waals surface area contributed by atoms with Gasteiger partial charge in [-0.3, -0.25) is 11.3 Å². The quantitative estimate of drug-likeness (QED) is 0.657. The van der Waals surface area contributed by atoms with Crippen LogP contribution in [0.1, 0.15) is 17.2 Å². The standard InChI is InChI=1S/C15H15ClF2N2O/c1-21-15-6-5-9(7-13(15)18)14(20-19)8-10-11(16)3-2-4-12(10)17/h2-7,14,20H,8,19H2,1H3. The summed E-state index contributed by atoms with van der Waals surface area (Å²) >= 11 is 5.99. The molecule has 0 bridgehead atoms. The van der Waals surface area contributed by atoms with Gasteiger partial charge in [0, 0.05) is 10.6 Å². The molecule has 0 aliphatic rings. The molecule has 1 atom stereocenters. The van der Waals surface area contributed by atoms with Crippen LogP contribution in [0.3, 0.4) is 0 Å². The molecule has 0 saturated heterocycles. The fourth-order valence-corrected chi connectivity index (χ4v) is 2.34. The van der Waals surface area contributed by atoms with Crippen LogP contribution in [0.25, 0.3) is 0 Å². The Balaban J connectivity index is 2.30. The summed E-state index contributed by atoms with van der Waals surface area (Å²) in [6.07, 6.45) is 0.202. The minimum absolute atomic E-state index is 0.137. The monoisotopic (exact) mass is 312 g/mol. The van der Waals surface area contributed by atoms with Gasteiger partial charge in [-0.15, -0.1) is 0 Å². The van der Waals surface area contributed by atoms with Crippen molar-refractivity contribution in [2.45, 2.75) is 12.5 Å². The number of hydrazine groups is 1. The molecule has 0 saturated carbocycles. The van der Waals surface area contributed by atoms with Crippen LogP contribution in [-0.2, 0) is 6.42 Å². The molecule has 0 aliphatic heterocycles. The van der Waals surface area contributed by atoms with E-state index < -0.39 is 17.7 Å². The van der Waals surface area contributed by atoms with Crippen LogP contribution in [0.2, 0.25) is 5.02 Å². The number of nitrogens with one attached hydrogen (secondary N) is 1. The Bertz CT molecular complexity index is 617. The van der Waals surface area contributed by atoms with Crippen molar-refractivity contribution in [2.24, 2.45) is 5.84 Å². The Kier molecular flexibility index (Phi) is 5.12. The third kappa shape index (κ3) is 3.50. The number of hydrogen-bond acceptors (Lipinski definition) is 3. The first-order valence-electron chi connectivity index (χ1n) is 6.29. The van der Waals surface area contributed by atoms with Gasteiger partial charge in [-0.25, -0.2) is 8.78 Å². The molecule has 6 heteroatoms. The first-order valence-corrected chi connectivity index (χ1v) is 6.67. The molecule has 0 heterocycles. The fourth-order valence-electron chi connectivity index (χ4n) is 2.10. The molecule has 0 fully saturated rings. The lowest BCUT2D eigenvalue weighted by Gasteiger charge is -2.18. The van der Waals surface area contributed by atoms with Crippen molar-refractivity contribution in [3.05, 3.63) is 64.2 Å². The van der Waals surface area contributed by atoms with Gasteiger partial charge in [0.2, 0.25) is 0 Å². The highest BCUT2D eigenvalue weighted by Crippen LogP contribution is 2.27. The molecule has 0 aromatic heterocycles. The molecule has 112 valence electrons. The van der Waals surface area contributed by atoms with Crippen LogP contribution < -0.4 is 16.0 Å². The van der Waals surface area contributed by atoms with E-state index in [2.05, 4.69) is 5.43 Å². The van der Waals surface area contributed by atoms with Crippen molar-refractivity contribution in [3.8, 4) is 5.75 Å². The van der Waals surface area contributed by atoms with E-state index in [1.807, 2.05) is 0 Å². The van der Waals surface area contributed by atoms with E-state index in [1.165, 1.54) is 31.4 Å². The summed E-state index contributed by atoms with van der Waals surface area (Å²) in [6, 6.07) is 8.45. The van der Waals surface area contributed by atoms with Crippen molar-refractivity contribution in [1.82, 2.24) is 5.43 Å². The van der Waals surface area contributed by atoms with Gasteiger partial charge in [-0.2, -0.15) is 0 Å². The fraction of sp³-hybridized carbons (Fsp3) is 0.200. The van der Waals surface area contributed by atoms with Gasteiger partial charge >= 0.3 is 0 Å². The van der Waals surface area contributed by atoms with Gasteiger partial charge in [-0.1, -0.05) is 23.7 Å². The third-order valence-electron chi connectivity index (χ3n) is 3.25. The van der Waals surface area contributed by atoms with Gasteiger partial charge in [0.05, 0.1) is 13.2 Å². The predicted molar refractivity (Wildman–Crippen MR) is 78.1 cm³/mol. The summed E-state index contributed by atoms with van der Waals surface area (Å²) in [7, 11) is 1.38. The van der Waals surface area contributed by atoms with Crippen molar-refractivity contribution in [3.63, 3.8) is 0 Å². The molecule has 0 radical (unpaired) electrons. The van der Waals surface area contributed by atoms with Crippen molar-refractivity contribution in [2.75, 3.05) is 7.11 Å². The van der Waals surface area contributed by atoms with Crippen LogP contribution in [0.5, 0.6) is 5.75 Å². The predicted octanol–water partition coefficient (Wildman–Crippen LogP) is 3.37. The lowest BCUT2D eigenvalue weighted by Crippen LogP contribution is -2.30. The number of nitrogens with two attached hydrogens (primary N) is 1. The number of rotatable bonds is 5. The van der Waals surface area contributed by atoms with Crippen LogP contribution in [0.4, 0.5) is 8.78 Å². The van der Waals surface area contributed by atoms with E-state index in [1.54, 1.807) is 12.1 Å². The topological polar surface area (TPSA) is 47.3 Å². The Morgan fingerprint density at radius 2 is 2.00 bits per heavy atom. The summed E-state index contributed by atoms with van der Waals surface area (Å²) in [6.45, 7) is 0. The van der Waals surface area contributed by atoms with Crippen LogP contribution in [0, 0.1) is 11.6 Å². The molecule has 3 N–H and O–H groups in total. The first kappa shape index (κ1) is 15.7. The van der Waals surface area contributed by atoms with E-state index in [0.717, 1.165) is 0 Å². The SMILES string of the molecule is COc1ccc(C(Cc2c(F)cccc2Cl)NN)cc1F. The van der Waals surface area contributed by atoms with E-state index >= 15 is 0 Å². The highest BCUT2D eigenvalue weighted by molar-refractivity contribution is 6.31. The zero-order valence-corrected chi connectivity index (χ0v) is 12.1. The largest absolute Gasteiger partial charge is 0.494 e. The molecule has 1 unspecified atom stereocenters. The Morgan fingerprint density at radius 3 is 2.57 bits per heavy atom. The molecule has 21 heavy (non-hydrogen) atoms. The van der Waals surface area contributed by atoms with Gasteiger partial charge in [0.1, 0.15) is 5.82 Å². The Hall–Kier alpha value is -1.69. The molecule has 0 spiro atoms. The van der Waals surface area contributed by atoms with Gasteiger partial charge in [-0.05, 0) is 36.2 Å². The molecule has 2 aromatic rings. The maximum Gasteiger partial charge on any atom is 0.165 e. The molecule has 2 aromatic carbocycles. The number of halogens is 3. The average molecular weight is 313 g/mol. The zero-order chi connectivity index (χ0) is 15.4. The second-order valence-corrected chi connectivity index (χ2v) is 4.92. The highest BCUT2D eigenvalue weighted by Gasteiger charge is 2.17. The van der Waals surface area contributed by atoms with Crippen LogP contribution >= 0.6 is 11.6 Å². The minimum atomic E-state index is -0.505. The molecular weight excluding hydrogens is 298 g/mol. The van der Waals surface area contributed by atoms with E-state index in [4.69, 9.17) is 22.2 Å². The average Bonchev–Trinajstić information content (AvgIpc) is 2.47. The van der Waals surface area contributed by atoms with Gasteiger partial charge in [0.25, 0.3) is 0 Å². The number of ether oxygens (including phenoxy) is 1. The van der Waals surface area contributed by atoms with Crippen molar-refractivity contribution in [1.29, 1.82) is 0 Å². The maximum absolute atomic E-state index is 13.8. The molecular formula is C15H15ClF2N2O. The summed E-state index contributed by atoms with van der Waals surface area (Å²) < 4.78 is 32.4. The third-order valence-corrected chi connectivity index (χ3v) is 3.60. The number of hydrogen-bond donors (Lipinski definition) is 2. The normalized spacial score (nSPS) is 12.2. The maximum atomic E-state index is 13.8. The smallest absolute Gasteiger partial charge is 0.165 e. The second-order valence-electron chi connectivity index (χ2n) is 4.52. The zero-order valence-electron chi connectivity index (χ0n) is 11.4. The van der Waals surface area contributed by atoms with Gasteiger partial charge < -0.3 is 4.74 Å². The number of benzene rings is 2. The molecule has 3 nitrogen and oxygen atoms in total. The summed E-state index contributed by atoms with van der Waals surface area (Å²) in [5.41, 5.74) is 3.46. The Morgan fingerprint density at radius 1 is 1.24 bits per heavy atom. The molecule has 2 rings (SSSR count). The lowest BCUT2D eigenvalue weighted by molar-refractivity contribution is 0.385. The minimum Gasteiger partial charge on any atom is -0.494 e. The highest BCUT2D eigenvalue weighted by atomic mass is 35.5. The van der Waals surface area contributed by atoms with E-state index in [9.17, 15) is 8.78 Å². The Labute approximate surface area is 126 Å². The van der Waals surface area contributed by atoms with E-state index in [-0.39, 0.29) is 12.2 Å². The lowest BCUT2D eigenvalue weighted by atomic mass is 9.98. The molecule has 0 amide bonds. The van der Waals surface area contributed by atoms with Crippen LogP contribution in [0.15, 0.2) is 36.4 Å². The van der Waals surface area contributed by atoms with Gasteiger partial charge in [0.15, 0.2) is 11.6 Å². The van der Waals surface area contributed by atoms with Crippen molar-refractivity contribution >= 4 is 11.6 Å². The molecule has 0 aliphatic carbocycles. The second kappa shape index (κ2) is 6.85.